The Morgan fingerprint density at radius 3 is 2.40 bits per heavy atom. The van der Waals surface area contributed by atoms with Crippen LogP contribution in [0.2, 0.25) is 0 Å². The maximum Gasteiger partial charge on any atom is 0.0439 e. The molecule has 0 saturated heterocycles. The molecule has 0 N–H and O–H groups in total. The lowest BCUT2D eigenvalue weighted by Crippen LogP contribution is -1.88. The van der Waals surface area contributed by atoms with Crippen LogP contribution >= 0.6 is 23.4 Å². The molecule has 0 radical (unpaired) electrons. The predicted molar refractivity (Wildman–Crippen MR) is 71.1 cm³/mol. The number of alkyl halides is 1. The molecule has 0 fully saturated rings. The van der Waals surface area contributed by atoms with Crippen LogP contribution in [0.3, 0.4) is 0 Å². The number of halogens is 1. The summed E-state index contributed by atoms with van der Waals surface area (Å²) in [5.41, 5.74) is 2.46. The Kier molecular flexibility index (Phi) is 5.27. The minimum atomic E-state index is 0.553. The molecule has 1 aromatic rings. The van der Waals surface area contributed by atoms with Gasteiger partial charge in [-0.3, -0.25) is 0 Å². The summed E-state index contributed by atoms with van der Waals surface area (Å²) in [4.78, 5) is 1.28. The van der Waals surface area contributed by atoms with E-state index < -0.39 is 0 Å². The number of thioether (sulfide) groups is 1. The molecule has 0 aliphatic rings. The van der Waals surface area contributed by atoms with Gasteiger partial charge >= 0.3 is 0 Å². The second-order valence-corrected chi connectivity index (χ2v) is 5.21. The minimum absolute atomic E-state index is 0.553. The van der Waals surface area contributed by atoms with Gasteiger partial charge in [0.15, 0.2) is 0 Å². The first-order valence-corrected chi connectivity index (χ1v) is 6.61. The van der Waals surface area contributed by atoms with Gasteiger partial charge in [0.2, 0.25) is 0 Å². The lowest BCUT2D eigenvalue weighted by atomic mass is 10.0. The van der Waals surface area contributed by atoms with E-state index in [2.05, 4.69) is 44.7 Å². The summed E-state index contributed by atoms with van der Waals surface area (Å²) in [5, 5.41) is 0. The van der Waals surface area contributed by atoms with E-state index in [1.807, 2.05) is 0 Å². The highest BCUT2D eigenvalue weighted by atomic mass is 35.5. The Morgan fingerprint density at radius 1 is 1.33 bits per heavy atom. The summed E-state index contributed by atoms with van der Waals surface area (Å²) in [6, 6.07) is 8.72. The molecular weight excluding hydrogens is 224 g/mol. The number of hydrogen-bond donors (Lipinski definition) is 0. The van der Waals surface area contributed by atoms with Gasteiger partial charge in [-0.15, -0.1) is 23.4 Å². The zero-order chi connectivity index (χ0) is 11.3. The Labute approximate surface area is 102 Å². The van der Waals surface area contributed by atoms with Gasteiger partial charge in [0.05, 0.1) is 0 Å². The summed E-state index contributed by atoms with van der Waals surface area (Å²) in [5.74, 6) is 2.06. The Morgan fingerprint density at radius 2 is 1.93 bits per heavy atom. The Balaban J connectivity index is 2.53. The topological polar surface area (TPSA) is 0 Å². The third-order valence-electron chi connectivity index (χ3n) is 2.18. The molecule has 15 heavy (non-hydrogen) atoms. The highest BCUT2D eigenvalue weighted by molar-refractivity contribution is 7.99. The van der Waals surface area contributed by atoms with Gasteiger partial charge in [0.25, 0.3) is 0 Å². The van der Waals surface area contributed by atoms with Crippen molar-refractivity contribution >= 4 is 23.4 Å². The average molecular weight is 241 g/mol. The van der Waals surface area contributed by atoms with E-state index in [0.717, 1.165) is 11.3 Å². The standard InChI is InChI=1S/C13H17ClS/c1-10(2)12-4-6-13(7-5-12)15-9-11(3)8-14/h4-7,10H,3,8-9H2,1-2H3. The van der Waals surface area contributed by atoms with Gasteiger partial charge in [0.1, 0.15) is 0 Å². The lowest BCUT2D eigenvalue weighted by Gasteiger charge is -2.06. The second-order valence-electron chi connectivity index (χ2n) is 3.90. The molecule has 1 aromatic carbocycles. The van der Waals surface area contributed by atoms with Gasteiger partial charge in [-0.25, -0.2) is 0 Å². The fourth-order valence-corrected chi connectivity index (χ4v) is 2.18. The molecule has 2 heteroatoms. The molecule has 0 amide bonds. The Hall–Kier alpha value is -0.400. The van der Waals surface area contributed by atoms with Crippen LogP contribution in [0.4, 0.5) is 0 Å². The number of hydrogen-bond acceptors (Lipinski definition) is 1. The van der Waals surface area contributed by atoms with E-state index in [-0.39, 0.29) is 0 Å². The van der Waals surface area contributed by atoms with E-state index in [1.54, 1.807) is 11.8 Å². The van der Waals surface area contributed by atoms with Crippen molar-refractivity contribution in [3.63, 3.8) is 0 Å². The molecule has 1 rings (SSSR count). The van der Waals surface area contributed by atoms with E-state index in [4.69, 9.17) is 11.6 Å². The SMILES string of the molecule is C=C(CCl)CSc1ccc(C(C)C)cc1. The zero-order valence-electron chi connectivity index (χ0n) is 9.29. The van der Waals surface area contributed by atoms with Crippen LogP contribution in [0.25, 0.3) is 0 Å². The first-order valence-electron chi connectivity index (χ1n) is 5.09. The number of benzene rings is 1. The van der Waals surface area contributed by atoms with Crippen LogP contribution < -0.4 is 0 Å². The smallest absolute Gasteiger partial charge is 0.0439 e. The lowest BCUT2D eigenvalue weighted by molar-refractivity contribution is 0.865. The molecule has 0 aliphatic carbocycles. The largest absolute Gasteiger partial charge is 0.122 e. The third-order valence-corrected chi connectivity index (χ3v) is 3.71. The van der Waals surface area contributed by atoms with E-state index >= 15 is 0 Å². The summed E-state index contributed by atoms with van der Waals surface area (Å²) < 4.78 is 0. The maximum absolute atomic E-state index is 5.67. The molecule has 0 bridgehead atoms. The van der Waals surface area contributed by atoms with Gasteiger partial charge in [0, 0.05) is 16.5 Å². The molecule has 0 unspecified atom stereocenters. The summed E-state index contributed by atoms with van der Waals surface area (Å²) in [7, 11) is 0. The fraction of sp³-hybridized carbons (Fsp3) is 0.385. The fourth-order valence-electron chi connectivity index (χ4n) is 1.17. The second kappa shape index (κ2) is 6.24. The van der Waals surface area contributed by atoms with Crippen molar-refractivity contribution in [1.82, 2.24) is 0 Å². The molecule has 0 atom stereocenters. The van der Waals surface area contributed by atoms with Crippen LogP contribution in [0.15, 0.2) is 41.3 Å². The normalized spacial score (nSPS) is 10.7. The molecule has 0 aromatic heterocycles. The molecule has 82 valence electrons. The van der Waals surface area contributed by atoms with Crippen molar-refractivity contribution in [2.75, 3.05) is 11.6 Å². The van der Waals surface area contributed by atoms with Crippen molar-refractivity contribution in [1.29, 1.82) is 0 Å². The average Bonchev–Trinajstić information content (AvgIpc) is 2.26. The molecule has 0 heterocycles. The molecular formula is C13H17ClS. The predicted octanol–water partition coefficient (Wildman–Crippen LogP) is 4.70. The highest BCUT2D eigenvalue weighted by Gasteiger charge is 2.00. The van der Waals surface area contributed by atoms with Crippen molar-refractivity contribution < 1.29 is 0 Å². The summed E-state index contributed by atoms with van der Waals surface area (Å²) in [6.07, 6.45) is 0. The first-order chi connectivity index (χ1) is 7.13. The van der Waals surface area contributed by atoms with Crippen LogP contribution in [0, 0.1) is 0 Å². The van der Waals surface area contributed by atoms with Crippen molar-refractivity contribution in [3.8, 4) is 0 Å². The quantitative estimate of drug-likeness (QED) is 0.409. The highest BCUT2D eigenvalue weighted by Crippen LogP contribution is 2.23. The van der Waals surface area contributed by atoms with Crippen LogP contribution in [-0.4, -0.2) is 11.6 Å². The van der Waals surface area contributed by atoms with Crippen LogP contribution in [0.5, 0.6) is 0 Å². The van der Waals surface area contributed by atoms with E-state index in [1.165, 1.54) is 10.5 Å². The summed E-state index contributed by atoms with van der Waals surface area (Å²) >= 11 is 7.46. The van der Waals surface area contributed by atoms with Crippen molar-refractivity contribution in [2.45, 2.75) is 24.7 Å². The van der Waals surface area contributed by atoms with E-state index in [0.29, 0.717) is 11.8 Å². The molecule has 0 nitrogen and oxygen atoms in total. The minimum Gasteiger partial charge on any atom is -0.122 e. The molecule has 0 saturated carbocycles. The maximum atomic E-state index is 5.67. The van der Waals surface area contributed by atoms with Crippen molar-refractivity contribution in [2.24, 2.45) is 0 Å². The van der Waals surface area contributed by atoms with Gasteiger partial charge < -0.3 is 0 Å². The summed E-state index contributed by atoms with van der Waals surface area (Å²) in [6.45, 7) is 8.29. The zero-order valence-corrected chi connectivity index (χ0v) is 10.9. The van der Waals surface area contributed by atoms with Crippen LogP contribution in [-0.2, 0) is 0 Å². The third kappa shape index (κ3) is 4.31. The van der Waals surface area contributed by atoms with Gasteiger partial charge in [-0.1, -0.05) is 38.1 Å². The molecule has 0 spiro atoms. The van der Waals surface area contributed by atoms with Crippen molar-refractivity contribution in [3.05, 3.63) is 42.0 Å². The first kappa shape index (κ1) is 12.7. The molecule has 0 aliphatic heterocycles. The van der Waals surface area contributed by atoms with E-state index in [9.17, 15) is 0 Å². The Bertz CT molecular complexity index is 314. The van der Waals surface area contributed by atoms with Gasteiger partial charge in [-0.05, 0) is 23.6 Å². The van der Waals surface area contributed by atoms with Gasteiger partial charge in [-0.2, -0.15) is 0 Å². The number of rotatable bonds is 5. The monoisotopic (exact) mass is 240 g/mol. The van der Waals surface area contributed by atoms with Crippen LogP contribution in [0.1, 0.15) is 25.3 Å².